The van der Waals surface area contributed by atoms with Crippen molar-refractivity contribution in [1.82, 2.24) is 20.4 Å². The van der Waals surface area contributed by atoms with Gasteiger partial charge in [0.25, 0.3) is 0 Å². The van der Waals surface area contributed by atoms with Gasteiger partial charge in [0.05, 0.1) is 25.8 Å². The van der Waals surface area contributed by atoms with Crippen LogP contribution in [0.4, 0.5) is 0 Å². The molecule has 1 saturated heterocycles. The van der Waals surface area contributed by atoms with Crippen molar-refractivity contribution < 1.29 is 14.6 Å². The highest BCUT2D eigenvalue weighted by Crippen LogP contribution is 2.05. The standard InChI is InChI=1S/C21H35N5O3/c1-3-22-21(24-16-19(27)15-18-7-5-4-6-8-18)26-12-10-25(11-13-26)17-20(28)23-9-14-29-2/h4-8,19,27H,3,9-17H2,1-2H3,(H,22,24)(H,23,28). The lowest BCUT2D eigenvalue weighted by atomic mass is 10.1. The second kappa shape index (κ2) is 13.1. The lowest BCUT2D eigenvalue weighted by Gasteiger charge is -2.36. The van der Waals surface area contributed by atoms with Crippen LogP contribution >= 0.6 is 0 Å². The number of methoxy groups -OCH3 is 1. The van der Waals surface area contributed by atoms with Gasteiger partial charge in [0.2, 0.25) is 5.91 Å². The van der Waals surface area contributed by atoms with E-state index < -0.39 is 6.10 Å². The number of aliphatic hydroxyl groups is 1. The molecule has 1 aliphatic heterocycles. The molecule has 0 saturated carbocycles. The van der Waals surface area contributed by atoms with Crippen LogP contribution in [0.15, 0.2) is 35.3 Å². The smallest absolute Gasteiger partial charge is 0.234 e. The van der Waals surface area contributed by atoms with Crippen LogP contribution in [0.1, 0.15) is 12.5 Å². The molecule has 0 spiro atoms. The first-order chi connectivity index (χ1) is 14.1. The molecule has 1 aromatic rings. The van der Waals surface area contributed by atoms with E-state index in [1.165, 1.54) is 0 Å². The number of rotatable bonds is 10. The maximum atomic E-state index is 11.9. The average molecular weight is 406 g/mol. The third kappa shape index (κ3) is 8.81. The van der Waals surface area contributed by atoms with Crippen LogP contribution in [0.5, 0.6) is 0 Å². The fourth-order valence-electron chi connectivity index (χ4n) is 3.24. The van der Waals surface area contributed by atoms with Crippen LogP contribution < -0.4 is 10.6 Å². The van der Waals surface area contributed by atoms with Crippen LogP contribution in [0, 0.1) is 0 Å². The fraction of sp³-hybridized carbons (Fsp3) is 0.619. The number of guanidine groups is 1. The number of piperazine rings is 1. The number of amides is 1. The number of nitrogens with one attached hydrogen (secondary N) is 2. The Morgan fingerprint density at radius 1 is 1.21 bits per heavy atom. The van der Waals surface area contributed by atoms with E-state index in [1.807, 2.05) is 37.3 Å². The van der Waals surface area contributed by atoms with Crippen molar-refractivity contribution in [2.75, 3.05) is 66.1 Å². The number of benzene rings is 1. The minimum atomic E-state index is -0.511. The number of carbonyl (C=O) groups is 1. The molecule has 0 aromatic heterocycles. The molecule has 8 heteroatoms. The summed E-state index contributed by atoms with van der Waals surface area (Å²) in [6.07, 6.45) is 0.0820. The molecule has 162 valence electrons. The normalized spacial score (nSPS) is 16.5. The van der Waals surface area contributed by atoms with Gasteiger partial charge in [-0.3, -0.25) is 14.7 Å². The van der Waals surface area contributed by atoms with Crippen molar-refractivity contribution in [3.63, 3.8) is 0 Å². The van der Waals surface area contributed by atoms with Gasteiger partial charge in [0, 0.05) is 52.8 Å². The lowest BCUT2D eigenvalue weighted by molar-refractivity contribution is -0.122. The van der Waals surface area contributed by atoms with Gasteiger partial charge in [-0.05, 0) is 12.5 Å². The summed E-state index contributed by atoms with van der Waals surface area (Å²) >= 11 is 0. The van der Waals surface area contributed by atoms with Gasteiger partial charge >= 0.3 is 0 Å². The molecule has 0 aliphatic carbocycles. The van der Waals surface area contributed by atoms with Crippen LogP contribution in [-0.4, -0.2) is 99.0 Å². The first kappa shape index (κ1) is 23.1. The van der Waals surface area contributed by atoms with Crippen molar-refractivity contribution >= 4 is 11.9 Å². The van der Waals surface area contributed by atoms with Gasteiger partial charge < -0.3 is 25.4 Å². The molecule has 8 nitrogen and oxygen atoms in total. The van der Waals surface area contributed by atoms with E-state index in [0.29, 0.717) is 32.7 Å². The first-order valence-electron chi connectivity index (χ1n) is 10.4. The van der Waals surface area contributed by atoms with E-state index in [0.717, 1.165) is 44.2 Å². The Morgan fingerprint density at radius 3 is 2.59 bits per heavy atom. The van der Waals surface area contributed by atoms with Crippen molar-refractivity contribution in [2.24, 2.45) is 4.99 Å². The molecular formula is C21H35N5O3. The van der Waals surface area contributed by atoms with E-state index >= 15 is 0 Å². The Morgan fingerprint density at radius 2 is 1.93 bits per heavy atom. The van der Waals surface area contributed by atoms with E-state index in [9.17, 15) is 9.90 Å². The Kier molecular flexibility index (Phi) is 10.5. The lowest BCUT2D eigenvalue weighted by Crippen LogP contribution is -2.54. The zero-order valence-corrected chi connectivity index (χ0v) is 17.6. The predicted octanol–water partition coefficient (Wildman–Crippen LogP) is -0.0643. The number of aliphatic imine (C=N–C) groups is 1. The minimum absolute atomic E-state index is 0.0279. The highest BCUT2D eigenvalue weighted by atomic mass is 16.5. The number of ether oxygens (including phenoxy) is 1. The molecule has 29 heavy (non-hydrogen) atoms. The van der Waals surface area contributed by atoms with Crippen LogP contribution in [-0.2, 0) is 16.0 Å². The first-order valence-corrected chi connectivity index (χ1v) is 10.4. The van der Waals surface area contributed by atoms with Gasteiger partial charge in [-0.15, -0.1) is 0 Å². The third-order valence-electron chi connectivity index (χ3n) is 4.77. The number of hydrogen-bond acceptors (Lipinski definition) is 5. The van der Waals surface area contributed by atoms with Crippen molar-refractivity contribution in [2.45, 2.75) is 19.4 Å². The molecule has 1 aliphatic rings. The molecule has 1 amide bonds. The van der Waals surface area contributed by atoms with Crippen LogP contribution in [0.3, 0.4) is 0 Å². The van der Waals surface area contributed by atoms with Crippen molar-refractivity contribution in [3.05, 3.63) is 35.9 Å². The number of carbonyl (C=O) groups excluding carboxylic acids is 1. The Bertz CT molecular complexity index is 618. The summed E-state index contributed by atoms with van der Waals surface area (Å²) in [5.74, 6) is 0.851. The van der Waals surface area contributed by atoms with E-state index in [-0.39, 0.29) is 5.91 Å². The second-order valence-corrected chi connectivity index (χ2v) is 7.14. The summed E-state index contributed by atoms with van der Waals surface area (Å²) in [6.45, 7) is 7.84. The molecule has 2 rings (SSSR count). The molecule has 1 unspecified atom stereocenters. The van der Waals surface area contributed by atoms with Gasteiger partial charge in [0.15, 0.2) is 5.96 Å². The van der Waals surface area contributed by atoms with Gasteiger partial charge in [0.1, 0.15) is 0 Å². The summed E-state index contributed by atoms with van der Waals surface area (Å²) in [6, 6.07) is 9.96. The number of nitrogens with zero attached hydrogens (tertiary/aromatic N) is 3. The van der Waals surface area contributed by atoms with E-state index in [1.54, 1.807) is 7.11 Å². The molecule has 0 radical (unpaired) electrons. The number of aliphatic hydroxyl groups excluding tert-OH is 1. The molecule has 1 fully saturated rings. The summed E-state index contributed by atoms with van der Waals surface area (Å²) in [5.41, 5.74) is 1.11. The highest BCUT2D eigenvalue weighted by molar-refractivity contribution is 5.80. The Hall–Kier alpha value is -2.16. The SMILES string of the molecule is CCNC(=NCC(O)Cc1ccccc1)N1CCN(CC(=O)NCCOC)CC1. The van der Waals surface area contributed by atoms with E-state index in [2.05, 4.69) is 25.4 Å². The van der Waals surface area contributed by atoms with Crippen molar-refractivity contribution in [1.29, 1.82) is 0 Å². The molecule has 0 bridgehead atoms. The average Bonchev–Trinajstić information content (AvgIpc) is 2.73. The topological polar surface area (TPSA) is 89.4 Å². The fourth-order valence-corrected chi connectivity index (χ4v) is 3.24. The minimum Gasteiger partial charge on any atom is -0.391 e. The summed E-state index contributed by atoms with van der Waals surface area (Å²) in [7, 11) is 1.62. The highest BCUT2D eigenvalue weighted by Gasteiger charge is 2.21. The Labute approximate surface area is 173 Å². The van der Waals surface area contributed by atoms with Gasteiger partial charge in [-0.25, -0.2) is 0 Å². The van der Waals surface area contributed by atoms with Gasteiger partial charge in [-0.2, -0.15) is 0 Å². The molecule has 1 heterocycles. The third-order valence-corrected chi connectivity index (χ3v) is 4.77. The van der Waals surface area contributed by atoms with Crippen LogP contribution in [0.2, 0.25) is 0 Å². The molecule has 3 N–H and O–H groups in total. The molecular weight excluding hydrogens is 370 g/mol. The zero-order chi connectivity index (χ0) is 20.9. The predicted molar refractivity (Wildman–Crippen MR) is 115 cm³/mol. The molecule has 1 aromatic carbocycles. The van der Waals surface area contributed by atoms with Crippen molar-refractivity contribution in [3.8, 4) is 0 Å². The Balaban J connectivity index is 1.78. The monoisotopic (exact) mass is 405 g/mol. The van der Waals surface area contributed by atoms with E-state index in [4.69, 9.17) is 4.74 Å². The van der Waals surface area contributed by atoms with Crippen LogP contribution in [0.25, 0.3) is 0 Å². The maximum absolute atomic E-state index is 11.9. The second-order valence-electron chi connectivity index (χ2n) is 7.14. The van der Waals surface area contributed by atoms with Gasteiger partial charge in [-0.1, -0.05) is 30.3 Å². The summed E-state index contributed by atoms with van der Waals surface area (Å²) in [5, 5.41) is 16.5. The summed E-state index contributed by atoms with van der Waals surface area (Å²) < 4.78 is 4.95. The molecule has 1 atom stereocenters. The summed E-state index contributed by atoms with van der Waals surface area (Å²) in [4.78, 5) is 20.9. The number of hydrogen-bond donors (Lipinski definition) is 3. The largest absolute Gasteiger partial charge is 0.391 e. The zero-order valence-electron chi connectivity index (χ0n) is 17.6. The quantitative estimate of drug-likeness (QED) is 0.287. The maximum Gasteiger partial charge on any atom is 0.234 e.